The fourth-order valence-corrected chi connectivity index (χ4v) is 4.43. The standard InChI is InChI=1S/C26H31N5O5/c1-19(23-29-30-25(36-23)28-24(27-10-13-32)31-11-14-33-15-12-31)20-6-5-9-22(18-20)26(34-16-17-35-26)21-7-3-2-4-8-21/h2-9,18-19,32H,10-17H2,1H3,(H,27,28,30). The summed E-state index contributed by atoms with van der Waals surface area (Å²) >= 11 is 0. The number of nitrogens with zero attached hydrogens (tertiary/aromatic N) is 4. The van der Waals surface area contributed by atoms with E-state index in [9.17, 15) is 5.11 Å². The zero-order chi connectivity index (χ0) is 24.8. The Balaban J connectivity index is 1.39. The minimum absolute atomic E-state index is 0.0102. The van der Waals surface area contributed by atoms with Gasteiger partial charge in [0.2, 0.25) is 17.6 Å². The van der Waals surface area contributed by atoms with Crippen LogP contribution >= 0.6 is 0 Å². The van der Waals surface area contributed by atoms with Gasteiger partial charge >= 0.3 is 6.01 Å². The lowest BCUT2D eigenvalue weighted by Crippen LogP contribution is -2.47. The molecule has 2 aromatic carbocycles. The van der Waals surface area contributed by atoms with Crippen molar-refractivity contribution in [2.45, 2.75) is 18.6 Å². The molecular weight excluding hydrogens is 462 g/mol. The second-order valence-electron chi connectivity index (χ2n) is 8.63. The van der Waals surface area contributed by atoms with Crippen LogP contribution in [0.5, 0.6) is 0 Å². The number of nitrogens with one attached hydrogen (secondary N) is 1. The van der Waals surface area contributed by atoms with Crippen molar-refractivity contribution in [3.8, 4) is 0 Å². The maximum absolute atomic E-state index is 9.24. The number of ether oxygens (including phenoxy) is 3. The summed E-state index contributed by atoms with van der Waals surface area (Å²) in [6, 6.07) is 18.2. The van der Waals surface area contributed by atoms with Crippen LogP contribution in [0.4, 0.5) is 6.01 Å². The second-order valence-corrected chi connectivity index (χ2v) is 8.63. The van der Waals surface area contributed by atoms with Crippen molar-refractivity contribution >= 4 is 12.0 Å². The average Bonchev–Trinajstić information content (AvgIpc) is 3.63. The minimum Gasteiger partial charge on any atom is -0.406 e. The molecule has 3 aromatic rings. The topological polar surface area (TPSA) is 114 Å². The Labute approximate surface area is 209 Å². The lowest BCUT2D eigenvalue weighted by Gasteiger charge is -2.29. The molecule has 0 amide bonds. The van der Waals surface area contributed by atoms with Crippen molar-refractivity contribution in [2.75, 3.05) is 52.7 Å². The average molecular weight is 494 g/mol. The molecule has 0 bridgehead atoms. The molecule has 10 nitrogen and oxygen atoms in total. The number of aromatic nitrogens is 2. The molecular formula is C26H31N5O5. The van der Waals surface area contributed by atoms with Gasteiger partial charge in [0.1, 0.15) is 0 Å². The fraction of sp³-hybridized carbons (Fsp3) is 0.423. The number of aliphatic imine (C=N–C) groups is 1. The second kappa shape index (κ2) is 11.2. The van der Waals surface area contributed by atoms with Crippen molar-refractivity contribution < 1.29 is 23.7 Å². The van der Waals surface area contributed by atoms with Crippen LogP contribution in [0.1, 0.15) is 35.4 Å². The molecule has 0 aliphatic carbocycles. The molecule has 2 N–H and O–H groups in total. The third-order valence-electron chi connectivity index (χ3n) is 6.32. The van der Waals surface area contributed by atoms with Gasteiger partial charge in [-0.25, -0.2) is 0 Å². The summed E-state index contributed by atoms with van der Waals surface area (Å²) in [6.45, 7) is 6.02. The van der Waals surface area contributed by atoms with Gasteiger partial charge in [0, 0.05) is 30.8 Å². The van der Waals surface area contributed by atoms with Crippen LogP contribution in [-0.4, -0.2) is 78.8 Å². The van der Waals surface area contributed by atoms with Gasteiger partial charge in [-0.2, -0.15) is 4.99 Å². The maximum atomic E-state index is 9.24. The molecule has 10 heteroatoms. The van der Waals surface area contributed by atoms with E-state index >= 15 is 0 Å². The molecule has 1 unspecified atom stereocenters. The van der Waals surface area contributed by atoms with Crippen molar-refractivity contribution in [1.82, 2.24) is 20.4 Å². The summed E-state index contributed by atoms with van der Waals surface area (Å²) in [6.07, 6.45) is 0. The van der Waals surface area contributed by atoms with Crippen molar-refractivity contribution in [1.29, 1.82) is 0 Å². The summed E-state index contributed by atoms with van der Waals surface area (Å²) in [5, 5.41) is 20.8. The normalized spacial score (nSPS) is 18.8. The highest BCUT2D eigenvalue weighted by atomic mass is 16.7. The molecule has 36 heavy (non-hydrogen) atoms. The smallest absolute Gasteiger partial charge is 0.345 e. The molecule has 0 radical (unpaired) electrons. The molecule has 5 rings (SSSR count). The molecule has 2 aliphatic rings. The maximum Gasteiger partial charge on any atom is 0.345 e. The van der Waals surface area contributed by atoms with Crippen molar-refractivity contribution in [3.05, 3.63) is 77.2 Å². The van der Waals surface area contributed by atoms with Crippen LogP contribution in [0.15, 0.2) is 64.0 Å². The van der Waals surface area contributed by atoms with Gasteiger partial charge in [0.15, 0.2) is 0 Å². The molecule has 3 heterocycles. The van der Waals surface area contributed by atoms with E-state index in [1.165, 1.54) is 0 Å². The van der Waals surface area contributed by atoms with Gasteiger partial charge in [-0.1, -0.05) is 53.6 Å². The highest BCUT2D eigenvalue weighted by Crippen LogP contribution is 2.39. The first-order valence-electron chi connectivity index (χ1n) is 12.2. The lowest BCUT2D eigenvalue weighted by atomic mass is 9.92. The van der Waals surface area contributed by atoms with Crippen LogP contribution in [0.25, 0.3) is 0 Å². The minimum atomic E-state index is -0.938. The highest BCUT2D eigenvalue weighted by Gasteiger charge is 2.40. The zero-order valence-corrected chi connectivity index (χ0v) is 20.3. The Morgan fingerprint density at radius 1 is 1.03 bits per heavy atom. The Morgan fingerprint density at radius 3 is 2.53 bits per heavy atom. The number of rotatable bonds is 7. The molecule has 2 aliphatic heterocycles. The summed E-state index contributed by atoms with van der Waals surface area (Å²) in [4.78, 5) is 6.57. The zero-order valence-electron chi connectivity index (χ0n) is 20.3. The van der Waals surface area contributed by atoms with Crippen molar-refractivity contribution in [3.63, 3.8) is 0 Å². The van der Waals surface area contributed by atoms with Gasteiger partial charge < -0.3 is 34.0 Å². The van der Waals surface area contributed by atoms with E-state index in [-0.39, 0.29) is 18.5 Å². The lowest BCUT2D eigenvalue weighted by molar-refractivity contribution is -0.129. The van der Waals surface area contributed by atoms with Gasteiger partial charge in [0.05, 0.1) is 39.0 Å². The molecule has 0 saturated carbocycles. The third kappa shape index (κ3) is 5.12. The van der Waals surface area contributed by atoms with Crippen LogP contribution in [0, 0.1) is 0 Å². The molecule has 1 atom stereocenters. The highest BCUT2D eigenvalue weighted by molar-refractivity contribution is 5.81. The summed E-state index contributed by atoms with van der Waals surface area (Å²) in [5.41, 5.74) is 2.86. The first kappa shape index (κ1) is 24.4. The Morgan fingerprint density at radius 2 is 1.78 bits per heavy atom. The van der Waals surface area contributed by atoms with E-state index in [0.29, 0.717) is 57.9 Å². The number of benzene rings is 2. The predicted octanol–water partition coefficient (Wildman–Crippen LogP) is 2.37. The van der Waals surface area contributed by atoms with Crippen LogP contribution < -0.4 is 5.32 Å². The molecule has 1 aromatic heterocycles. The quantitative estimate of drug-likeness (QED) is 0.378. The molecule has 190 valence electrons. The monoisotopic (exact) mass is 493 g/mol. The fourth-order valence-electron chi connectivity index (χ4n) is 4.43. The molecule has 2 saturated heterocycles. The number of guanidine groups is 1. The summed E-state index contributed by atoms with van der Waals surface area (Å²) in [5.74, 6) is -0.0750. The van der Waals surface area contributed by atoms with E-state index in [2.05, 4.69) is 26.6 Å². The number of aliphatic hydroxyl groups excluding tert-OH is 1. The van der Waals surface area contributed by atoms with Gasteiger partial charge in [-0.3, -0.25) is 0 Å². The number of aliphatic hydroxyl groups is 1. The Kier molecular flexibility index (Phi) is 7.57. The number of hydrogen-bond acceptors (Lipinski definition) is 8. The van der Waals surface area contributed by atoms with E-state index in [1.54, 1.807) is 0 Å². The van der Waals surface area contributed by atoms with Gasteiger partial charge in [-0.15, -0.1) is 5.10 Å². The first-order valence-corrected chi connectivity index (χ1v) is 12.2. The van der Waals surface area contributed by atoms with Crippen molar-refractivity contribution in [2.24, 2.45) is 4.99 Å². The van der Waals surface area contributed by atoms with Crippen LogP contribution in [-0.2, 0) is 20.0 Å². The van der Waals surface area contributed by atoms with E-state index in [0.717, 1.165) is 16.7 Å². The molecule has 2 fully saturated rings. The van der Waals surface area contributed by atoms with Crippen LogP contribution in [0.3, 0.4) is 0 Å². The van der Waals surface area contributed by atoms with Gasteiger partial charge in [0.25, 0.3) is 0 Å². The first-order chi connectivity index (χ1) is 17.7. The predicted molar refractivity (Wildman–Crippen MR) is 132 cm³/mol. The number of morpholine rings is 1. The number of hydrogen-bond donors (Lipinski definition) is 2. The van der Waals surface area contributed by atoms with E-state index < -0.39 is 5.79 Å². The SMILES string of the molecule is CC(c1cccc(C2(c3ccccc3)OCCO2)c1)c1nnc(/N=C(\NCCO)N2CCOCC2)o1. The summed E-state index contributed by atoms with van der Waals surface area (Å²) < 4.78 is 23.7. The van der Waals surface area contributed by atoms with Gasteiger partial charge in [-0.05, 0) is 18.6 Å². The van der Waals surface area contributed by atoms with E-state index in [4.69, 9.17) is 18.6 Å². The van der Waals surface area contributed by atoms with E-state index in [1.807, 2.05) is 60.4 Å². The van der Waals surface area contributed by atoms with Crippen LogP contribution in [0.2, 0.25) is 0 Å². The third-order valence-corrected chi connectivity index (χ3v) is 6.32. The Bertz CT molecular complexity index is 1160. The Hall–Kier alpha value is -3.31. The largest absolute Gasteiger partial charge is 0.406 e. The summed E-state index contributed by atoms with van der Waals surface area (Å²) in [7, 11) is 0. The molecule has 0 spiro atoms.